The Morgan fingerprint density at radius 1 is 1.28 bits per heavy atom. The van der Waals surface area contributed by atoms with Gasteiger partial charge in [-0.1, -0.05) is 6.07 Å². The molecule has 7 nitrogen and oxygen atoms in total. The minimum Gasteiger partial charge on any atom is -0.489 e. The molecule has 3 aromatic rings. The molecule has 0 amide bonds. The van der Waals surface area contributed by atoms with E-state index in [1.807, 2.05) is 0 Å². The van der Waals surface area contributed by atoms with Gasteiger partial charge in [-0.05, 0) is 36.3 Å². The Morgan fingerprint density at radius 3 is 2.72 bits per heavy atom. The van der Waals surface area contributed by atoms with Crippen molar-refractivity contribution in [2.75, 3.05) is 12.9 Å². The second-order valence-corrected chi connectivity index (χ2v) is 9.61. The predicted octanol–water partition coefficient (Wildman–Crippen LogP) is 2.47. The molecule has 9 heteroatoms. The molecule has 2 heterocycles. The highest BCUT2D eigenvalue weighted by Crippen LogP contribution is 2.35. The lowest BCUT2D eigenvalue weighted by Crippen LogP contribution is -2.17. The zero-order valence-electron chi connectivity index (χ0n) is 16.1. The maximum absolute atomic E-state index is 13.8. The number of hydrogen-bond acceptors (Lipinski definition) is 6. The van der Waals surface area contributed by atoms with E-state index in [0.717, 1.165) is 19.1 Å². The fraction of sp³-hybridized carbons (Fsp3) is 0.350. The SMILES string of the molecule is Cn1cc(-c2nc(CS(C)(=O)=O)ncc2OCC2CC2)c2ccc(F)cc2c1=O. The van der Waals surface area contributed by atoms with Crippen LogP contribution in [0.1, 0.15) is 18.7 Å². The summed E-state index contributed by atoms with van der Waals surface area (Å²) in [7, 11) is -1.77. The van der Waals surface area contributed by atoms with E-state index in [1.54, 1.807) is 13.2 Å². The van der Waals surface area contributed by atoms with Crippen LogP contribution >= 0.6 is 0 Å². The number of nitrogens with zero attached hydrogens (tertiary/aromatic N) is 3. The van der Waals surface area contributed by atoms with Crippen molar-refractivity contribution in [3.8, 4) is 17.0 Å². The van der Waals surface area contributed by atoms with Crippen molar-refractivity contribution in [3.05, 3.63) is 52.6 Å². The molecule has 0 saturated heterocycles. The van der Waals surface area contributed by atoms with Crippen molar-refractivity contribution >= 4 is 20.6 Å². The highest BCUT2D eigenvalue weighted by molar-refractivity contribution is 7.89. The zero-order chi connectivity index (χ0) is 20.8. The third-order valence-corrected chi connectivity index (χ3v) is 5.55. The van der Waals surface area contributed by atoms with Gasteiger partial charge in [-0.15, -0.1) is 0 Å². The van der Waals surface area contributed by atoms with E-state index in [9.17, 15) is 17.6 Å². The van der Waals surface area contributed by atoms with Crippen LogP contribution in [-0.4, -0.2) is 35.8 Å². The van der Waals surface area contributed by atoms with Crippen LogP contribution in [0.4, 0.5) is 4.39 Å². The van der Waals surface area contributed by atoms with Crippen molar-refractivity contribution in [3.63, 3.8) is 0 Å². The molecule has 0 unspecified atom stereocenters. The predicted molar refractivity (Wildman–Crippen MR) is 107 cm³/mol. The molecule has 4 rings (SSSR count). The Morgan fingerprint density at radius 2 is 2.03 bits per heavy atom. The van der Waals surface area contributed by atoms with Crippen LogP contribution < -0.4 is 10.3 Å². The molecule has 0 N–H and O–H groups in total. The van der Waals surface area contributed by atoms with E-state index >= 15 is 0 Å². The number of aryl methyl sites for hydroxylation is 1. The lowest BCUT2D eigenvalue weighted by atomic mass is 10.0. The third kappa shape index (κ3) is 4.29. The molecule has 1 fully saturated rings. The number of pyridine rings is 1. The van der Waals surface area contributed by atoms with E-state index in [0.29, 0.717) is 34.9 Å². The van der Waals surface area contributed by atoms with E-state index in [1.165, 1.54) is 29.0 Å². The monoisotopic (exact) mass is 417 g/mol. The van der Waals surface area contributed by atoms with Crippen molar-refractivity contribution in [2.24, 2.45) is 13.0 Å². The summed E-state index contributed by atoms with van der Waals surface area (Å²) in [4.78, 5) is 21.1. The van der Waals surface area contributed by atoms with Gasteiger partial charge in [-0.2, -0.15) is 0 Å². The number of sulfone groups is 1. The number of ether oxygens (including phenoxy) is 1. The molecule has 2 aromatic heterocycles. The third-order valence-electron chi connectivity index (χ3n) is 4.77. The maximum Gasteiger partial charge on any atom is 0.258 e. The minimum atomic E-state index is -3.34. The maximum atomic E-state index is 13.8. The number of halogens is 1. The number of benzene rings is 1. The summed E-state index contributed by atoms with van der Waals surface area (Å²) in [5.41, 5.74) is 0.589. The Balaban J connectivity index is 1.92. The molecule has 1 aliphatic rings. The lowest BCUT2D eigenvalue weighted by molar-refractivity contribution is 0.298. The van der Waals surface area contributed by atoms with Crippen molar-refractivity contribution < 1.29 is 17.5 Å². The summed E-state index contributed by atoms with van der Waals surface area (Å²) in [6, 6.07) is 3.98. The van der Waals surface area contributed by atoms with Crippen LogP contribution in [0.2, 0.25) is 0 Å². The smallest absolute Gasteiger partial charge is 0.258 e. The molecule has 0 spiro atoms. The molecule has 1 saturated carbocycles. The van der Waals surface area contributed by atoms with Gasteiger partial charge < -0.3 is 9.30 Å². The van der Waals surface area contributed by atoms with Crippen molar-refractivity contribution in [2.45, 2.75) is 18.6 Å². The van der Waals surface area contributed by atoms with Gasteiger partial charge in [0, 0.05) is 25.1 Å². The van der Waals surface area contributed by atoms with Crippen molar-refractivity contribution in [1.82, 2.24) is 14.5 Å². The molecule has 0 aliphatic heterocycles. The van der Waals surface area contributed by atoms with Crippen LogP contribution in [-0.2, 0) is 22.6 Å². The van der Waals surface area contributed by atoms with Gasteiger partial charge in [-0.3, -0.25) is 4.79 Å². The summed E-state index contributed by atoms with van der Waals surface area (Å²) in [6.45, 7) is 0.514. The summed E-state index contributed by atoms with van der Waals surface area (Å²) >= 11 is 0. The van der Waals surface area contributed by atoms with Gasteiger partial charge in [0.05, 0.1) is 18.2 Å². The average Bonchev–Trinajstić information content (AvgIpc) is 3.47. The van der Waals surface area contributed by atoms with Gasteiger partial charge in [0.1, 0.15) is 23.1 Å². The first-order valence-electron chi connectivity index (χ1n) is 9.17. The molecular weight excluding hydrogens is 397 g/mol. The molecule has 29 heavy (non-hydrogen) atoms. The summed E-state index contributed by atoms with van der Waals surface area (Å²) in [5.74, 6) is 0.187. The summed E-state index contributed by atoms with van der Waals surface area (Å²) in [5, 5.41) is 0.719. The van der Waals surface area contributed by atoms with Gasteiger partial charge in [0.15, 0.2) is 15.6 Å². The van der Waals surface area contributed by atoms with Gasteiger partial charge in [-0.25, -0.2) is 22.8 Å². The Kier molecular flexibility index (Phi) is 4.85. The first-order valence-corrected chi connectivity index (χ1v) is 11.2. The fourth-order valence-electron chi connectivity index (χ4n) is 3.13. The van der Waals surface area contributed by atoms with E-state index < -0.39 is 15.7 Å². The van der Waals surface area contributed by atoms with Crippen LogP contribution in [0.5, 0.6) is 5.75 Å². The number of rotatable bonds is 6. The average molecular weight is 417 g/mol. The largest absolute Gasteiger partial charge is 0.489 e. The number of aromatic nitrogens is 3. The summed E-state index contributed by atoms with van der Waals surface area (Å²) in [6.07, 6.45) is 6.37. The van der Waals surface area contributed by atoms with E-state index in [-0.39, 0.29) is 22.5 Å². The Hall–Kier alpha value is -2.81. The highest BCUT2D eigenvalue weighted by Gasteiger charge is 2.24. The molecule has 0 bridgehead atoms. The normalized spacial score (nSPS) is 14.3. The van der Waals surface area contributed by atoms with Crippen LogP contribution in [0, 0.1) is 11.7 Å². The highest BCUT2D eigenvalue weighted by atomic mass is 32.2. The standard InChI is InChI=1S/C20H20FN3O4S/c1-24-9-16(14-6-5-13(21)7-15(14)20(24)25)19-17(28-10-12-3-4-12)8-22-18(23-19)11-29(2,26)27/h5-9,12H,3-4,10-11H2,1-2H3. The summed E-state index contributed by atoms with van der Waals surface area (Å²) < 4.78 is 44.4. The zero-order valence-corrected chi connectivity index (χ0v) is 16.9. The van der Waals surface area contributed by atoms with Gasteiger partial charge >= 0.3 is 0 Å². The molecule has 0 radical (unpaired) electrons. The topological polar surface area (TPSA) is 91.2 Å². The molecule has 1 aliphatic carbocycles. The minimum absolute atomic E-state index is 0.130. The second-order valence-electron chi connectivity index (χ2n) is 7.47. The number of hydrogen-bond donors (Lipinski definition) is 0. The quantitative estimate of drug-likeness (QED) is 0.612. The van der Waals surface area contributed by atoms with E-state index in [2.05, 4.69) is 9.97 Å². The lowest BCUT2D eigenvalue weighted by Gasteiger charge is -2.14. The first-order chi connectivity index (χ1) is 13.7. The molecular formula is C20H20FN3O4S. The number of fused-ring (bicyclic) bond motifs is 1. The molecule has 1 aromatic carbocycles. The fourth-order valence-corrected chi connectivity index (χ4v) is 3.74. The first kappa shape index (κ1) is 19.5. The van der Waals surface area contributed by atoms with Crippen LogP contribution in [0.3, 0.4) is 0 Å². The Labute approximate surface area is 167 Å². The van der Waals surface area contributed by atoms with Gasteiger partial charge in [0.2, 0.25) is 0 Å². The van der Waals surface area contributed by atoms with Gasteiger partial charge in [0.25, 0.3) is 5.56 Å². The van der Waals surface area contributed by atoms with Crippen molar-refractivity contribution in [1.29, 1.82) is 0 Å². The van der Waals surface area contributed by atoms with Crippen LogP contribution in [0.15, 0.2) is 35.4 Å². The van der Waals surface area contributed by atoms with Crippen LogP contribution in [0.25, 0.3) is 22.0 Å². The Bertz CT molecular complexity index is 1270. The molecule has 152 valence electrons. The molecule has 0 atom stereocenters. The second kappa shape index (κ2) is 7.22. The van der Waals surface area contributed by atoms with E-state index in [4.69, 9.17) is 4.74 Å².